The van der Waals surface area contributed by atoms with Crippen molar-refractivity contribution in [3.8, 4) is 5.88 Å². The summed E-state index contributed by atoms with van der Waals surface area (Å²) >= 11 is 0. The van der Waals surface area contributed by atoms with E-state index in [0.717, 1.165) is 5.56 Å². The number of likely N-dealkylation sites (N-methyl/N-ethyl adjacent to an activating group) is 1. The molecule has 2 rings (SSSR count). The predicted molar refractivity (Wildman–Crippen MR) is 69.3 cm³/mol. The minimum atomic E-state index is -0.0495. The second-order valence-corrected chi connectivity index (χ2v) is 3.84. The zero-order valence-electron chi connectivity index (χ0n) is 10.3. The molecule has 1 N–H and O–H groups in total. The van der Waals surface area contributed by atoms with Gasteiger partial charge in [0.25, 0.3) is 5.88 Å². The summed E-state index contributed by atoms with van der Waals surface area (Å²) in [4.78, 5) is 0. The molecule has 0 unspecified atom stereocenters. The van der Waals surface area contributed by atoms with Gasteiger partial charge in [0.05, 0.1) is 6.04 Å². The van der Waals surface area contributed by atoms with Crippen LogP contribution in [0.1, 0.15) is 17.4 Å². The monoisotopic (exact) mass is 244 g/mol. The first-order valence-corrected chi connectivity index (χ1v) is 5.76. The molecule has 0 aliphatic heterocycles. The Labute approximate surface area is 106 Å². The molecular weight excluding hydrogens is 228 g/mol. The van der Waals surface area contributed by atoms with Crippen LogP contribution in [0.5, 0.6) is 5.88 Å². The Balaban J connectivity index is 1.97. The Morgan fingerprint density at radius 3 is 2.89 bits per heavy atom. The Hall–Kier alpha value is -2.07. The van der Waals surface area contributed by atoms with Crippen molar-refractivity contribution in [3.63, 3.8) is 0 Å². The van der Waals surface area contributed by atoms with Crippen LogP contribution in [0.15, 0.2) is 53.6 Å². The number of rotatable bonds is 6. The molecule has 0 saturated carbocycles. The minimum absolute atomic E-state index is 0.0495. The number of hydrogen-bond donors (Lipinski definition) is 1. The lowest BCUT2D eigenvalue weighted by molar-refractivity contribution is 0.264. The summed E-state index contributed by atoms with van der Waals surface area (Å²) in [5.41, 5.74) is 1.09. The van der Waals surface area contributed by atoms with E-state index in [4.69, 9.17) is 9.26 Å². The molecule has 0 aliphatic carbocycles. The maximum Gasteiger partial charge on any atom is 0.254 e. The minimum Gasteiger partial charge on any atom is -0.471 e. The molecule has 0 spiro atoms. The molecule has 1 atom stereocenters. The first kappa shape index (κ1) is 12.4. The maximum absolute atomic E-state index is 5.54. The first-order valence-electron chi connectivity index (χ1n) is 5.76. The topological polar surface area (TPSA) is 47.3 Å². The molecule has 18 heavy (non-hydrogen) atoms. The smallest absolute Gasteiger partial charge is 0.254 e. The lowest BCUT2D eigenvalue weighted by atomic mass is 10.2. The number of nitrogens with zero attached hydrogens (tertiary/aromatic N) is 1. The average molecular weight is 244 g/mol. The van der Waals surface area contributed by atoms with Crippen LogP contribution < -0.4 is 10.1 Å². The Morgan fingerprint density at radius 1 is 1.44 bits per heavy atom. The summed E-state index contributed by atoms with van der Waals surface area (Å²) in [5, 5.41) is 6.91. The van der Waals surface area contributed by atoms with Gasteiger partial charge in [-0.15, -0.1) is 6.58 Å². The number of nitrogens with one attached hydrogen (secondary N) is 1. The fourth-order valence-electron chi connectivity index (χ4n) is 1.59. The quantitative estimate of drug-likeness (QED) is 0.794. The molecule has 94 valence electrons. The van der Waals surface area contributed by atoms with Gasteiger partial charge in [-0.25, -0.2) is 0 Å². The van der Waals surface area contributed by atoms with Gasteiger partial charge in [-0.05, 0) is 17.8 Å². The van der Waals surface area contributed by atoms with Crippen LogP contribution in [0.4, 0.5) is 0 Å². The highest BCUT2D eigenvalue weighted by molar-refractivity contribution is 5.19. The zero-order valence-corrected chi connectivity index (χ0v) is 10.3. The van der Waals surface area contributed by atoms with Crippen LogP contribution in [0.25, 0.3) is 0 Å². The van der Waals surface area contributed by atoms with E-state index in [0.29, 0.717) is 18.2 Å². The summed E-state index contributed by atoms with van der Waals surface area (Å²) in [7, 11) is 1.83. The summed E-state index contributed by atoms with van der Waals surface area (Å²) in [5.74, 6) is 1.17. The normalized spacial score (nSPS) is 12.1. The fourth-order valence-corrected chi connectivity index (χ4v) is 1.59. The van der Waals surface area contributed by atoms with Gasteiger partial charge in [0.1, 0.15) is 6.61 Å². The van der Waals surface area contributed by atoms with E-state index in [1.807, 2.05) is 37.4 Å². The molecule has 1 aromatic carbocycles. The lowest BCUT2D eigenvalue weighted by Crippen LogP contribution is -2.12. The van der Waals surface area contributed by atoms with Gasteiger partial charge >= 0.3 is 0 Å². The van der Waals surface area contributed by atoms with Crippen LogP contribution in [-0.4, -0.2) is 12.2 Å². The van der Waals surface area contributed by atoms with Gasteiger partial charge in [0.2, 0.25) is 0 Å². The van der Waals surface area contributed by atoms with E-state index in [2.05, 4.69) is 17.1 Å². The molecule has 0 saturated heterocycles. The van der Waals surface area contributed by atoms with Crippen molar-refractivity contribution >= 4 is 0 Å². The van der Waals surface area contributed by atoms with Crippen molar-refractivity contribution in [1.82, 2.24) is 10.5 Å². The van der Waals surface area contributed by atoms with Gasteiger partial charge in [-0.2, -0.15) is 0 Å². The SMILES string of the molecule is C=C[C@@H](NC)c1cc(OCc2ccccc2)no1. The van der Waals surface area contributed by atoms with Crippen LogP contribution in [0.3, 0.4) is 0 Å². The van der Waals surface area contributed by atoms with Crippen molar-refractivity contribution in [3.05, 3.63) is 60.4 Å². The van der Waals surface area contributed by atoms with Crippen LogP contribution in [-0.2, 0) is 6.61 Å². The van der Waals surface area contributed by atoms with Crippen molar-refractivity contribution in [1.29, 1.82) is 0 Å². The highest BCUT2D eigenvalue weighted by atomic mass is 16.5. The van der Waals surface area contributed by atoms with E-state index in [-0.39, 0.29) is 6.04 Å². The third-order valence-electron chi connectivity index (χ3n) is 2.59. The standard InChI is InChI=1S/C14H16N2O2/c1-3-12(15-2)13-9-14(16-18-13)17-10-11-7-5-4-6-8-11/h3-9,12,15H,1,10H2,2H3/t12-/m1/s1. The highest BCUT2D eigenvalue weighted by Crippen LogP contribution is 2.19. The van der Waals surface area contributed by atoms with Gasteiger partial charge in [-0.1, -0.05) is 36.4 Å². The maximum atomic E-state index is 5.54. The molecular formula is C14H16N2O2. The van der Waals surface area contributed by atoms with Gasteiger partial charge in [0.15, 0.2) is 5.76 Å². The van der Waals surface area contributed by atoms with Crippen LogP contribution in [0, 0.1) is 0 Å². The summed E-state index contributed by atoms with van der Waals surface area (Å²) in [6, 6.07) is 11.6. The molecule has 4 heteroatoms. The van der Waals surface area contributed by atoms with Gasteiger partial charge in [-0.3, -0.25) is 0 Å². The van der Waals surface area contributed by atoms with E-state index >= 15 is 0 Å². The molecule has 4 nitrogen and oxygen atoms in total. The number of hydrogen-bond acceptors (Lipinski definition) is 4. The molecule has 0 fully saturated rings. The van der Waals surface area contributed by atoms with Crippen molar-refractivity contribution < 1.29 is 9.26 Å². The molecule has 1 aromatic heterocycles. The van der Waals surface area contributed by atoms with Crippen LogP contribution in [0.2, 0.25) is 0 Å². The molecule has 2 aromatic rings. The zero-order chi connectivity index (χ0) is 12.8. The Bertz CT molecular complexity index is 494. The third kappa shape index (κ3) is 2.99. The molecule has 0 aliphatic rings. The highest BCUT2D eigenvalue weighted by Gasteiger charge is 2.12. The second kappa shape index (κ2) is 6.02. The van der Waals surface area contributed by atoms with E-state index in [1.54, 1.807) is 12.1 Å². The van der Waals surface area contributed by atoms with Gasteiger partial charge in [0, 0.05) is 6.07 Å². The molecule has 0 amide bonds. The molecule has 0 bridgehead atoms. The van der Waals surface area contributed by atoms with Gasteiger partial charge < -0.3 is 14.6 Å². The Morgan fingerprint density at radius 2 is 2.22 bits per heavy atom. The largest absolute Gasteiger partial charge is 0.471 e. The number of ether oxygens (including phenoxy) is 1. The number of benzene rings is 1. The fraction of sp³-hybridized carbons (Fsp3) is 0.214. The summed E-state index contributed by atoms with van der Waals surface area (Å²) in [6.45, 7) is 4.20. The Kier molecular flexibility index (Phi) is 4.15. The summed E-state index contributed by atoms with van der Waals surface area (Å²) in [6.07, 6.45) is 1.75. The summed E-state index contributed by atoms with van der Waals surface area (Å²) < 4.78 is 10.7. The van der Waals surface area contributed by atoms with Crippen LogP contribution >= 0.6 is 0 Å². The van der Waals surface area contributed by atoms with Crippen molar-refractivity contribution in [2.75, 3.05) is 7.05 Å². The van der Waals surface area contributed by atoms with Crippen molar-refractivity contribution in [2.24, 2.45) is 0 Å². The average Bonchev–Trinajstić information content (AvgIpc) is 2.88. The lowest BCUT2D eigenvalue weighted by Gasteiger charge is -2.04. The van der Waals surface area contributed by atoms with E-state index in [9.17, 15) is 0 Å². The van der Waals surface area contributed by atoms with E-state index < -0.39 is 0 Å². The second-order valence-electron chi connectivity index (χ2n) is 3.84. The van der Waals surface area contributed by atoms with Crippen molar-refractivity contribution in [2.45, 2.75) is 12.6 Å². The van der Waals surface area contributed by atoms with E-state index in [1.165, 1.54) is 0 Å². The first-order chi connectivity index (χ1) is 8.83. The molecule has 0 radical (unpaired) electrons. The number of aromatic nitrogens is 1. The predicted octanol–water partition coefficient (Wildman–Crippen LogP) is 2.70. The third-order valence-corrected chi connectivity index (χ3v) is 2.59. The molecule has 1 heterocycles.